The monoisotopic (exact) mass is 296 g/mol. The fraction of sp³-hybridized carbons (Fsp3) is 0.500. The molecule has 21 heavy (non-hydrogen) atoms. The van der Waals surface area contributed by atoms with E-state index in [1.807, 2.05) is 0 Å². The van der Waals surface area contributed by atoms with Gasteiger partial charge in [0.15, 0.2) is 5.84 Å². The molecule has 0 bridgehead atoms. The summed E-state index contributed by atoms with van der Waals surface area (Å²) in [5.74, 6) is -0.364. The van der Waals surface area contributed by atoms with Gasteiger partial charge in [0.1, 0.15) is 6.61 Å². The quantitative estimate of drug-likeness (QED) is 0.272. The Balaban J connectivity index is 2.12. The summed E-state index contributed by atoms with van der Waals surface area (Å²) in [4.78, 5) is 14.3. The number of aromatic nitrogens is 1. The lowest BCUT2D eigenvalue weighted by molar-refractivity contribution is -0.386. The molecule has 0 radical (unpaired) electrons. The molecule has 114 valence electrons. The van der Waals surface area contributed by atoms with Crippen molar-refractivity contribution in [1.29, 1.82) is 0 Å². The standard InChI is InChI=1S/C12H16N4O5/c13-11(15-17)8-5-10(16(18)19)12(14-6-8)21-7-9-3-1-2-4-20-9/h5-6,9,17H,1-4,7H2,(H2,13,15). The second-order valence-corrected chi connectivity index (χ2v) is 4.59. The van der Waals surface area contributed by atoms with Gasteiger partial charge in [-0.2, -0.15) is 0 Å². The molecule has 1 aromatic rings. The molecule has 9 heteroatoms. The molecular weight excluding hydrogens is 280 g/mol. The Labute approximate surface area is 120 Å². The smallest absolute Gasteiger partial charge is 0.331 e. The van der Waals surface area contributed by atoms with Crippen molar-refractivity contribution in [2.45, 2.75) is 25.4 Å². The lowest BCUT2D eigenvalue weighted by Crippen LogP contribution is -2.26. The van der Waals surface area contributed by atoms with Crippen LogP contribution < -0.4 is 10.5 Å². The van der Waals surface area contributed by atoms with Crippen molar-refractivity contribution in [3.8, 4) is 5.88 Å². The zero-order valence-electron chi connectivity index (χ0n) is 11.3. The Hall–Kier alpha value is -2.42. The van der Waals surface area contributed by atoms with Crippen LogP contribution >= 0.6 is 0 Å². The molecular formula is C12H16N4O5. The van der Waals surface area contributed by atoms with Gasteiger partial charge in [-0.15, -0.1) is 0 Å². The minimum atomic E-state index is -0.627. The van der Waals surface area contributed by atoms with Crippen molar-refractivity contribution < 1.29 is 19.6 Å². The molecule has 1 unspecified atom stereocenters. The van der Waals surface area contributed by atoms with Gasteiger partial charge in [0.2, 0.25) is 0 Å². The highest BCUT2D eigenvalue weighted by atomic mass is 16.6. The second kappa shape index (κ2) is 6.84. The van der Waals surface area contributed by atoms with Gasteiger partial charge in [-0.3, -0.25) is 10.1 Å². The molecule has 3 N–H and O–H groups in total. The van der Waals surface area contributed by atoms with E-state index < -0.39 is 4.92 Å². The molecule has 9 nitrogen and oxygen atoms in total. The summed E-state index contributed by atoms with van der Waals surface area (Å²) in [5, 5.41) is 22.4. The van der Waals surface area contributed by atoms with Crippen LogP contribution in [0.5, 0.6) is 5.88 Å². The Bertz CT molecular complexity index is 542. The molecule has 2 rings (SSSR count). The van der Waals surface area contributed by atoms with Crippen molar-refractivity contribution in [3.05, 3.63) is 27.9 Å². The van der Waals surface area contributed by atoms with Crippen LogP contribution in [0.1, 0.15) is 24.8 Å². The van der Waals surface area contributed by atoms with Gasteiger partial charge >= 0.3 is 5.69 Å². The van der Waals surface area contributed by atoms with Gasteiger partial charge < -0.3 is 20.4 Å². The molecule has 0 amide bonds. The van der Waals surface area contributed by atoms with Crippen molar-refractivity contribution in [2.24, 2.45) is 10.9 Å². The van der Waals surface area contributed by atoms with E-state index in [0.29, 0.717) is 6.61 Å². The highest BCUT2D eigenvalue weighted by Crippen LogP contribution is 2.26. The zero-order chi connectivity index (χ0) is 15.2. The number of oxime groups is 1. The third-order valence-corrected chi connectivity index (χ3v) is 3.11. The molecule has 1 aliphatic rings. The van der Waals surface area contributed by atoms with Crippen molar-refractivity contribution in [3.63, 3.8) is 0 Å². The van der Waals surface area contributed by atoms with Gasteiger partial charge in [-0.1, -0.05) is 5.16 Å². The first-order chi connectivity index (χ1) is 10.1. The molecule has 2 heterocycles. The predicted octanol–water partition coefficient (Wildman–Crippen LogP) is 1.03. The first-order valence-electron chi connectivity index (χ1n) is 6.48. The highest BCUT2D eigenvalue weighted by Gasteiger charge is 2.21. The molecule has 1 aliphatic heterocycles. The summed E-state index contributed by atoms with van der Waals surface area (Å²) >= 11 is 0. The summed E-state index contributed by atoms with van der Waals surface area (Å²) < 4.78 is 10.9. The fourth-order valence-electron chi connectivity index (χ4n) is 1.99. The van der Waals surface area contributed by atoms with Crippen LogP contribution in [0, 0.1) is 10.1 Å². The minimum Gasteiger partial charge on any atom is -0.470 e. The number of hydrogen-bond donors (Lipinski definition) is 2. The maximum absolute atomic E-state index is 11.0. The third kappa shape index (κ3) is 3.78. The average molecular weight is 296 g/mol. The number of amidine groups is 1. The van der Waals surface area contributed by atoms with Gasteiger partial charge in [-0.25, -0.2) is 4.98 Å². The van der Waals surface area contributed by atoms with E-state index in [-0.39, 0.29) is 35.7 Å². The number of pyridine rings is 1. The molecule has 0 aliphatic carbocycles. The van der Waals surface area contributed by atoms with E-state index in [1.54, 1.807) is 0 Å². The number of nitrogens with two attached hydrogens (primary N) is 1. The summed E-state index contributed by atoms with van der Waals surface area (Å²) in [6.07, 6.45) is 4.09. The molecule has 1 saturated heterocycles. The SMILES string of the molecule is NC(=NO)c1cnc(OCC2CCCCO2)c([N+](=O)[O-])c1. The maximum Gasteiger partial charge on any atom is 0.331 e. The summed E-state index contributed by atoms with van der Waals surface area (Å²) in [7, 11) is 0. The van der Waals surface area contributed by atoms with Crippen LogP contribution in [0.3, 0.4) is 0 Å². The molecule has 1 fully saturated rings. The van der Waals surface area contributed by atoms with Crippen molar-refractivity contribution >= 4 is 11.5 Å². The summed E-state index contributed by atoms with van der Waals surface area (Å²) in [6, 6.07) is 1.15. The van der Waals surface area contributed by atoms with E-state index in [4.69, 9.17) is 20.4 Å². The third-order valence-electron chi connectivity index (χ3n) is 3.11. The largest absolute Gasteiger partial charge is 0.470 e. The highest BCUT2D eigenvalue weighted by molar-refractivity contribution is 5.97. The second-order valence-electron chi connectivity index (χ2n) is 4.59. The Morgan fingerprint density at radius 3 is 3.10 bits per heavy atom. The maximum atomic E-state index is 11.0. The van der Waals surface area contributed by atoms with E-state index in [0.717, 1.165) is 25.3 Å². The van der Waals surface area contributed by atoms with E-state index in [1.165, 1.54) is 6.20 Å². The summed E-state index contributed by atoms with van der Waals surface area (Å²) in [6.45, 7) is 0.878. The number of nitro groups is 1. The molecule has 1 atom stereocenters. The number of hydrogen-bond acceptors (Lipinski definition) is 7. The average Bonchev–Trinajstić information content (AvgIpc) is 2.52. The molecule has 0 saturated carbocycles. The lowest BCUT2D eigenvalue weighted by Gasteiger charge is -2.22. The van der Waals surface area contributed by atoms with Crippen LogP contribution in [0.25, 0.3) is 0 Å². The Kier molecular flexibility index (Phi) is 4.88. The van der Waals surface area contributed by atoms with Crippen molar-refractivity contribution in [1.82, 2.24) is 4.98 Å². The first kappa shape index (κ1) is 15.0. The van der Waals surface area contributed by atoms with Crippen LogP contribution in [-0.2, 0) is 4.74 Å². The van der Waals surface area contributed by atoms with Crippen molar-refractivity contribution in [2.75, 3.05) is 13.2 Å². The normalized spacial score (nSPS) is 19.2. The van der Waals surface area contributed by atoms with Gasteiger partial charge in [-0.05, 0) is 19.3 Å². The number of ether oxygens (including phenoxy) is 2. The number of rotatable bonds is 5. The molecule has 0 spiro atoms. The first-order valence-corrected chi connectivity index (χ1v) is 6.48. The Morgan fingerprint density at radius 1 is 1.67 bits per heavy atom. The predicted molar refractivity (Wildman–Crippen MR) is 72.5 cm³/mol. The topological polar surface area (TPSA) is 133 Å². The lowest BCUT2D eigenvalue weighted by atomic mass is 10.1. The van der Waals surface area contributed by atoms with Gasteiger partial charge in [0, 0.05) is 24.4 Å². The van der Waals surface area contributed by atoms with Crippen LogP contribution in [0.15, 0.2) is 17.4 Å². The van der Waals surface area contributed by atoms with Crippen LogP contribution in [0.2, 0.25) is 0 Å². The van der Waals surface area contributed by atoms with Gasteiger partial charge in [0.25, 0.3) is 5.88 Å². The summed E-state index contributed by atoms with van der Waals surface area (Å²) in [5.41, 5.74) is 5.19. The number of nitrogens with zero attached hydrogens (tertiary/aromatic N) is 3. The zero-order valence-corrected chi connectivity index (χ0v) is 11.3. The molecule has 1 aromatic heterocycles. The minimum absolute atomic E-state index is 0.0797. The van der Waals surface area contributed by atoms with Crippen LogP contribution in [-0.4, -0.2) is 40.3 Å². The fourth-order valence-corrected chi connectivity index (χ4v) is 1.99. The van der Waals surface area contributed by atoms with E-state index in [9.17, 15) is 10.1 Å². The molecule has 0 aromatic carbocycles. The van der Waals surface area contributed by atoms with E-state index >= 15 is 0 Å². The van der Waals surface area contributed by atoms with Gasteiger partial charge in [0.05, 0.1) is 11.0 Å². The van der Waals surface area contributed by atoms with E-state index in [2.05, 4.69) is 10.1 Å². The van der Waals surface area contributed by atoms with Crippen LogP contribution in [0.4, 0.5) is 5.69 Å². The Morgan fingerprint density at radius 2 is 2.48 bits per heavy atom.